The maximum Gasteiger partial charge on any atom is 0.347 e. The molecule has 2 aromatic carbocycles. The van der Waals surface area contributed by atoms with Crippen LogP contribution in [0, 0.1) is 11.3 Å². The van der Waals surface area contributed by atoms with E-state index in [1.807, 2.05) is 6.07 Å². The third kappa shape index (κ3) is 4.98. The van der Waals surface area contributed by atoms with Crippen molar-refractivity contribution in [3.8, 4) is 6.07 Å². The second-order valence-electron chi connectivity index (χ2n) is 4.92. The van der Waals surface area contributed by atoms with Gasteiger partial charge in [-0.25, -0.2) is 4.79 Å². The van der Waals surface area contributed by atoms with E-state index in [0.717, 1.165) is 5.56 Å². The standard InChI is InChI=1S/C17H14Cl2N4O/c18-14-2-1-3-15(19)13(14)8-9-16(21)23-17(24)22-12-6-4-11(10-20)5-7-12/h1-7H,8-9H2,(H3,21,22,23,24). The Labute approximate surface area is 149 Å². The van der Waals surface area contributed by atoms with Crippen LogP contribution in [-0.4, -0.2) is 11.9 Å². The summed E-state index contributed by atoms with van der Waals surface area (Å²) in [5, 5.41) is 12.4. The molecule has 2 amide bonds. The Hall–Kier alpha value is -2.55. The topological polar surface area (TPSA) is 91.3 Å². The number of nitrogens with one attached hydrogen (secondary N) is 1. The van der Waals surface area contributed by atoms with Gasteiger partial charge in [-0.05, 0) is 48.4 Å². The number of halogens is 2. The van der Waals surface area contributed by atoms with Crippen LogP contribution in [0.3, 0.4) is 0 Å². The fourth-order valence-corrected chi connectivity index (χ4v) is 2.58. The maximum absolute atomic E-state index is 11.8. The molecule has 0 fully saturated rings. The van der Waals surface area contributed by atoms with E-state index in [1.54, 1.807) is 42.5 Å². The van der Waals surface area contributed by atoms with Gasteiger partial charge in [0.25, 0.3) is 0 Å². The monoisotopic (exact) mass is 360 g/mol. The third-order valence-electron chi connectivity index (χ3n) is 3.20. The highest BCUT2D eigenvalue weighted by Crippen LogP contribution is 2.25. The number of aliphatic imine (C=N–C) groups is 1. The molecule has 3 N–H and O–H groups in total. The van der Waals surface area contributed by atoms with Gasteiger partial charge in [-0.1, -0.05) is 29.3 Å². The Bertz CT molecular complexity index is 790. The molecule has 5 nitrogen and oxygen atoms in total. The van der Waals surface area contributed by atoms with Crippen LogP contribution in [0.1, 0.15) is 17.5 Å². The van der Waals surface area contributed by atoms with Crippen LogP contribution in [0.25, 0.3) is 0 Å². The van der Waals surface area contributed by atoms with Crippen molar-refractivity contribution < 1.29 is 4.79 Å². The summed E-state index contributed by atoms with van der Waals surface area (Å²) in [5.41, 5.74) is 7.59. The van der Waals surface area contributed by atoms with Crippen molar-refractivity contribution in [2.24, 2.45) is 10.7 Å². The number of carbonyl (C=O) groups is 1. The molecule has 0 aliphatic heterocycles. The lowest BCUT2D eigenvalue weighted by molar-refractivity contribution is 0.259. The Balaban J connectivity index is 1.94. The number of rotatable bonds is 4. The molecule has 0 saturated carbocycles. The van der Waals surface area contributed by atoms with Gasteiger partial charge in [0.2, 0.25) is 0 Å². The van der Waals surface area contributed by atoms with Crippen molar-refractivity contribution in [1.82, 2.24) is 0 Å². The number of nitriles is 1. The number of hydrogen-bond acceptors (Lipinski definition) is 2. The Kier molecular flexibility index (Phi) is 6.19. The minimum atomic E-state index is -0.581. The molecule has 122 valence electrons. The van der Waals surface area contributed by atoms with Gasteiger partial charge in [0.1, 0.15) is 5.84 Å². The van der Waals surface area contributed by atoms with Crippen LogP contribution in [0.4, 0.5) is 10.5 Å². The van der Waals surface area contributed by atoms with Gasteiger partial charge in [-0.15, -0.1) is 0 Å². The highest BCUT2D eigenvalue weighted by molar-refractivity contribution is 6.36. The van der Waals surface area contributed by atoms with Crippen molar-refractivity contribution in [3.05, 3.63) is 63.6 Å². The summed E-state index contributed by atoms with van der Waals surface area (Å²) in [4.78, 5) is 15.6. The molecule has 0 heterocycles. The quantitative estimate of drug-likeness (QED) is 0.625. The Morgan fingerprint density at radius 2 is 1.79 bits per heavy atom. The summed E-state index contributed by atoms with van der Waals surface area (Å²) in [6, 6.07) is 13.1. The molecular weight excluding hydrogens is 347 g/mol. The van der Waals surface area contributed by atoms with Crippen molar-refractivity contribution in [2.75, 3.05) is 5.32 Å². The van der Waals surface area contributed by atoms with E-state index in [-0.39, 0.29) is 5.84 Å². The van der Waals surface area contributed by atoms with Crippen LogP contribution in [0.5, 0.6) is 0 Å². The zero-order chi connectivity index (χ0) is 17.5. The number of amidine groups is 1. The highest BCUT2D eigenvalue weighted by Gasteiger charge is 2.07. The summed E-state index contributed by atoms with van der Waals surface area (Å²) in [6.45, 7) is 0. The van der Waals surface area contributed by atoms with Crippen molar-refractivity contribution in [3.63, 3.8) is 0 Å². The van der Waals surface area contributed by atoms with Crippen molar-refractivity contribution in [1.29, 1.82) is 5.26 Å². The number of urea groups is 1. The second-order valence-corrected chi connectivity index (χ2v) is 5.74. The van der Waals surface area contributed by atoms with E-state index in [4.69, 9.17) is 34.2 Å². The summed E-state index contributed by atoms with van der Waals surface area (Å²) in [5.74, 6) is 0.178. The molecule has 0 aliphatic rings. The number of hydrogen-bond donors (Lipinski definition) is 2. The predicted molar refractivity (Wildman–Crippen MR) is 96.6 cm³/mol. The van der Waals surface area contributed by atoms with Gasteiger partial charge >= 0.3 is 6.03 Å². The molecule has 0 saturated heterocycles. The van der Waals surface area contributed by atoms with E-state index in [1.165, 1.54) is 0 Å². The number of amides is 2. The molecule has 0 atom stereocenters. The van der Waals surface area contributed by atoms with E-state index in [9.17, 15) is 4.79 Å². The summed E-state index contributed by atoms with van der Waals surface area (Å²) in [6.07, 6.45) is 0.836. The van der Waals surface area contributed by atoms with Crippen molar-refractivity contribution >= 4 is 40.8 Å². The zero-order valence-electron chi connectivity index (χ0n) is 12.6. The average molecular weight is 361 g/mol. The molecule has 7 heteroatoms. The Morgan fingerprint density at radius 3 is 2.38 bits per heavy atom. The molecule has 2 aromatic rings. The average Bonchev–Trinajstić information content (AvgIpc) is 2.55. The highest BCUT2D eigenvalue weighted by atomic mass is 35.5. The molecule has 24 heavy (non-hydrogen) atoms. The summed E-state index contributed by atoms with van der Waals surface area (Å²) >= 11 is 12.2. The molecule has 0 spiro atoms. The minimum absolute atomic E-state index is 0.178. The van der Waals surface area contributed by atoms with Crippen LogP contribution in [-0.2, 0) is 6.42 Å². The van der Waals surface area contributed by atoms with E-state index in [0.29, 0.717) is 34.1 Å². The molecule has 0 aromatic heterocycles. The minimum Gasteiger partial charge on any atom is -0.387 e. The third-order valence-corrected chi connectivity index (χ3v) is 3.91. The summed E-state index contributed by atoms with van der Waals surface area (Å²) in [7, 11) is 0. The molecule has 0 unspecified atom stereocenters. The van der Waals surface area contributed by atoms with Gasteiger partial charge in [0, 0.05) is 22.2 Å². The van der Waals surface area contributed by atoms with E-state index < -0.39 is 6.03 Å². The van der Waals surface area contributed by atoms with Gasteiger partial charge in [-0.2, -0.15) is 10.3 Å². The smallest absolute Gasteiger partial charge is 0.347 e. The number of benzene rings is 2. The maximum atomic E-state index is 11.8. The lowest BCUT2D eigenvalue weighted by Gasteiger charge is -2.07. The summed E-state index contributed by atoms with van der Waals surface area (Å²) < 4.78 is 0. The first-order valence-electron chi connectivity index (χ1n) is 7.06. The first-order chi connectivity index (χ1) is 11.5. The molecule has 0 aliphatic carbocycles. The van der Waals surface area contributed by atoms with Crippen molar-refractivity contribution in [2.45, 2.75) is 12.8 Å². The van der Waals surface area contributed by atoms with Gasteiger partial charge in [-0.3, -0.25) is 0 Å². The largest absolute Gasteiger partial charge is 0.387 e. The first-order valence-corrected chi connectivity index (χ1v) is 7.82. The Morgan fingerprint density at radius 1 is 1.17 bits per heavy atom. The van der Waals surface area contributed by atoms with Crippen LogP contribution in [0.15, 0.2) is 47.5 Å². The fourth-order valence-electron chi connectivity index (χ4n) is 1.99. The van der Waals surface area contributed by atoms with Gasteiger partial charge in [0.05, 0.1) is 11.6 Å². The molecular formula is C17H14Cl2N4O. The predicted octanol–water partition coefficient (Wildman–Crippen LogP) is 4.39. The normalized spacial score (nSPS) is 11.0. The van der Waals surface area contributed by atoms with Crippen LogP contribution in [0.2, 0.25) is 10.0 Å². The molecule has 0 bridgehead atoms. The van der Waals surface area contributed by atoms with Gasteiger partial charge < -0.3 is 11.1 Å². The van der Waals surface area contributed by atoms with Crippen LogP contribution >= 0.6 is 23.2 Å². The number of carbonyl (C=O) groups excluding carboxylic acids is 1. The van der Waals surface area contributed by atoms with Gasteiger partial charge in [0.15, 0.2) is 0 Å². The first kappa shape index (κ1) is 17.8. The van der Waals surface area contributed by atoms with Crippen LogP contribution < -0.4 is 11.1 Å². The van der Waals surface area contributed by atoms with E-state index in [2.05, 4.69) is 10.3 Å². The van der Waals surface area contributed by atoms with E-state index >= 15 is 0 Å². The molecule has 0 radical (unpaired) electrons. The second kappa shape index (κ2) is 8.34. The lowest BCUT2D eigenvalue weighted by Crippen LogP contribution is -2.18. The zero-order valence-corrected chi connectivity index (χ0v) is 14.1. The number of anilines is 1. The number of nitrogens with two attached hydrogens (primary N) is 1. The SMILES string of the molecule is N#Cc1ccc(NC(=O)/N=C(\N)CCc2c(Cl)cccc2Cl)cc1. The fraction of sp³-hybridized carbons (Fsp3) is 0.118. The number of nitrogens with zero attached hydrogens (tertiary/aromatic N) is 2. The molecule has 2 rings (SSSR count). The lowest BCUT2D eigenvalue weighted by atomic mass is 10.1.